The SMILES string of the molecule is CC(C)OC(=O)C=CC=Cc1ccc2c(c1)OCO2. The van der Waals surface area contributed by atoms with Gasteiger partial charge in [-0.25, -0.2) is 4.79 Å². The zero-order chi connectivity index (χ0) is 13.7. The zero-order valence-electron chi connectivity index (χ0n) is 11.0. The summed E-state index contributed by atoms with van der Waals surface area (Å²) in [6, 6.07) is 5.67. The Hall–Kier alpha value is -2.23. The van der Waals surface area contributed by atoms with Crippen LogP contribution in [0.2, 0.25) is 0 Å². The molecule has 0 bridgehead atoms. The van der Waals surface area contributed by atoms with E-state index in [0.29, 0.717) is 0 Å². The summed E-state index contributed by atoms with van der Waals surface area (Å²) >= 11 is 0. The molecule has 1 aromatic carbocycles. The molecule has 0 spiro atoms. The summed E-state index contributed by atoms with van der Waals surface area (Å²) in [5.41, 5.74) is 0.978. The molecule has 100 valence electrons. The van der Waals surface area contributed by atoms with E-state index < -0.39 is 0 Å². The maximum Gasteiger partial charge on any atom is 0.330 e. The number of esters is 1. The van der Waals surface area contributed by atoms with Crippen LogP contribution in [0, 0.1) is 0 Å². The maximum atomic E-state index is 11.2. The number of carbonyl (C=O) groups is 1. The molecule has 1 aromatic rings. The molecule has 1 heterocycles. The minimum absolute atomic E-state index is 0.102. The first-order valence-corrected chi connectivity index (χ1v) is 6.10. The van der Waals surface area contributed by atoms with Crippen LogP contribution in [0.1, 0.15) is 19.4 Å². The van der Waals surface area contributed by atoms with Crippen molar-refractivity contribution in [3.63, 3.8) is 0 Å². The van der Waals surface area contributed by atoms with Gasteiger partial charge in [0.25, 0.3) is 0 Å². The van der Waals surface area contributed by atoms with Crippen LogP contribution in [0.25, 0.3) is 6.08 Å². The number of hydrogen-bond donors (Lipinski definition) is 0. The van der Waals surface area contributed by atoms with Crippen LogP contribution in [0.5, 0.6) is 11.5 Å². The smallest absolute Gasteiger partial charge is 0.330 e. The summed E-state index contributed by atoms with van der Waals surface area (Å²) in [7, 11) is 0. The molecule has 0 amide bonds. The van der Waals surface area contributed by atoms with Crippen molar-refractivity contribution in [2.45, 2.75) is 20.0 Å². The van der Waals surface area contributed by atoms with Crippen LogP contribution in [0.3, 0.4) is 0 Å². The van der Waals surface area contributed by atoms with E-state index in [2.05, 4.69) is 0 Å². The minimum atomic E-state index is -0.342. The van der Waals surface area contributed by atoms with Crippen LogP contribution >= 0.6 is 0 Å². The van der Waals surface area contributed by atoms with E-state index in [-0.39, 0.29) is 18.9 Å². The van der Waals surface area contributed by atoms with Gasteiger partial charge in [-0.05, 0) is 31.5 Å². The van der Waals surface area contributed by atoms with Crippen molar-refractivity contribution in [3.8, 4) is 11.5 Å². The predicted molar refractivity (Wildman–Crippen MR) is 72.0 cm³/mol. The average Bonchev–Trinajstić information content (AvgIpc) is 2.81. The van der Waals surface area contributed by atoms with E-state index >= 15 is 0 Å². The quantitative estimate of drug-likeness (QED) is 0.474. The molecule has 0 aromatic heterocycles. The Bertz CT molecular complexity index is 515. The van der Waals surface area contributed by atoms with E-state index in [1.54, 1.807) is 12.2 Å². The molecule has 4 heteroatoms. The topological polar surface area (TPSA) is 44.8 Å². The largest absolute Gasteiger partial charge is 0.460 e. The Morgan fingerprint density at radius 2 is 2.05 bits per heavy atom. The first-order valence-electron chi connectivity index (χ1n) is 6.10. The maximum absolute atomic E-state index is 11.2. The van der Waals surface area contributed by atoms with Gasteiger partial charge in [-0.1, -0.05) is 24.3 Å². The monoisotopic (exact) mass is 260 g/mol. The van der Waals surface area contributed by atoms with Gasteiger partial charge in [-0.2, -0.15) is 0 Å². The number of ether oxygens (including phenoxy) is 3. The van der Waals surface area contributed by atoms with Gasteiger partial charge in [0.15, 0.2) is 11.5 Å². The molecule has 0 aliphatic carbocycles. The van der Waals surface area contributed by atoms with E-state index in [9.17, 15) is 4.79 Å². The summed E-state index contributed by atoms with van der Waals surface area (Å²) in [5.74, 6) is 1.16. The van der Waals surface area contributed by atoms with Crippen molar-refractivity contribution in [2.24, 2.45) is 0 Å². The third kappa shape index (κ3) is 3.88. The van der Waals surface area contributed by atoms with Gasteiger partial charge in [0, 0.05) is 6.08 Å². The summed E-state index contributed by atoms with van der Waals surface area (Å²) in [4.78, 5) is 11.2. The van der Waals surface area contributed by atoms with Gasteiger partial charge < -0.3 is 14.2 Å². The zero-order valence-corrected chi connectivity index (χ0v) is 11.0. The van der Waals surface area contributed by atoms with Crippen LogP contribution in [-0.4, -0.2) is 18.9 Å². The Morgan fingerprint density at radius 3 is 2.84 bits per heavy atom. The molecule has 1 aliphatic rings. The van der Waals surface area contributed by atoms with Gasteiger partial charge in [-0.15, -0.1) is 0 Å². The lowest BCUT2D eigenvalue weighted by Crippen LogP contribution is -2.08. The van der Waals surface area contributed by atoms with Gasteiger partial charge in [0.2, 0.25) is 6.79 Å². The molecule has 0 unspecified atom stereocenters. The fourth-order valence-electron chi connectivity index (χ4n) is 1.59. The molecule has 4 nitrogen and oxygen atoms in total. The second-order valence-electron chi connectivity index (χ2n) is 4.32. The average molecular weight is 260 g/mol. The van der Waals surface area contributed by atoms with Crippen molar-refractivity contribution < 1.29 is 19.0 Å². The number of benzene rings is 1. The lowest BCUT2D eigenvalue weighted by molar-refractivity contribution is -0.141. The summed E-state index contributed by atoms with van der Waals surface area (Å²) < 4.78 is 15.5. The normalized spacial score (nSPS) is 13.6. The molecule has 1 aliphatic heterocycles. The van der Waals surface area contributed by atoms with Crippen LogP contribution < -0.4 is 9.47 Å². The van der Waals surface area contributed by atoms with Crippen LogP contribution in [-0.2, 0) is 9.53 Å². The fourth-order valence-corrected chi connectivity index (χ4v) is 1.59. The highest BCUT2D eigenvalue weighted by molar-refractivity contribution is 5.82. The highest BCUT2D eigenvalue weighted by Crippen LogP contribution is 2.32. The van der Waals surface area contributed by atoms with E-state index in [1.165, 1.54) is 6.08 Å². The first kappa shape index (κ1) is 13.2. The van der Waals surface area contributed by atoms with Crippen molar-refractivity contribution in [3.05, 3.63) is 42.0 Å². The Kier molecular flexibility index (Phi) is 4.23. The first-order chi connectivity index (χ1) is 9.15. The highest BCUT2D eigenvalue weighted by atomic mass is 16.7. The van der Waals surface area contributed by atoms with Crippen LogP contribution in [0.15, 0.2) is 36.4 Å². The molecule has 0 saturated heterocycles. The van der Waals surface area contributed by atoms with Gasteiger partial charge in [0.1, 0.15) is 0 Å². The van der Waals surface area contributed by atoms with Crippen molar-refractivity contribution in [1.29, 1.82) is 0 Å². The van der Waals surface area contributed by atoms with Crippen molar-refractivity contribution >= 4 is 12.0 Å². The van der Waals surface area contributed by atoms with Gasteiger partial charge >= 0.3 is 5.97 Å². The number of rotatable bonds is 4. The Morgan fingerprint density at radius 1 is 1.26 bits per heavy atom. The lowest BCUT2D eigenvalue weighted by atomic mass is 10.2. The predicted octanol–water partition coefficient (Wildman–Crippen LogP) is 2.94. The Labute approximate surface area is 112 Å². The second kappa shape index (κ2) is 6.09. The third-order valence-corrected chi connectivity index (χ3v) is 2.38. The van der Waals surface area contributed by atoms with E-state index in [0.717, 1.165) is 17.1 Å². The standard InChI is InChI=1S/C15H16O4/c1-11(2)19-15(16)6-4-3-5-12-7-8-13-14(9-12)18-10-17-13/h3-9,11H,10H2,1-2H3. The molecule has 0 fully saturated rings. The second-order valence-corrected chi connectivity index (χ2v) is 4.32. The third-order valence-electron chi connectivity index (χ3n) is 2.38. The minimum Gasteiger partial charge on any atom is -0.460 e. The van der Waals surface area contributed by atoms with Gasteiger partial charge in [-0.3, -0.25) is 0 Å². The van der Waals surface area contributed by atoms with Gasteiger partial charge in [0.05, 0.1) is 6.10 Å². The van der Waals surface area contributed by atoms with Crippen molar-refractivity contribution in [1.82, 2.24) is 0 Å². The summed E-state index contributed by atoms with van der Waals surface area (Å²) in [6.45, 7) is 3.89. The Balaban J connectivity index is 1.92. The summed E-state index contributed by atoms with van der Waals surface area (Å²) in [5, 5.41) is 0. The number of allylic oxidation sites excluding steroid dienone is 2. The molecule has 2 rings (SSSR count). The molecule has 0 radical (unpaired) electrons. The van der Waals surface area contributed by atoms with E-state index in [4.69, 9.17) is 14.2 Å². The number of hydrogen-bond acceptors (Lipinski definition) is 4. The molecular formula is C15H16O4. The fraction of sp³-hybridized carbons (Fsp3) is 0.267. The van der Waals surface area contributed by atoms with Crippen LogP contribution in [0.4, 0.5) is 0 Å². The summed E-state index contributed by atoms with van der Waals surface area (Å²) in [6.07, 6.45) is 6.59. The molecular weight excluding hydrogens is 244 g/mol. The number of carbonyl (C=O) groups excluding carboxylic acids is 1. The van der Waals surface area contributed by atoms with E-state index in [1.807, 2.05) is 38.1 Å². The highest BCUT2D eigenvalue weighted by Gasteiger charge is 2.11. The molecule has 19 heavy (non-hydrogen) atoms. The molecule has 0 atom stereocenters. The number of fused-ring (bicyclic) bond motifs is 1. The molecule has 0 saturated carbocycles. The van der Waals surface area contributed by atoms with Crippen molar-refractivity contribution in [2.75, 3.05) is 6.79 Å². The lowest BCUT2D eigenvalue weighted by Gasteiger charge is -2.03. The molecule has 0 N–H and O–H groups in total.